The fourth-order valence-electron chi connectivity index (χ4n) is 2.37. The molecule has 0 bridgehead atoms. The highest BCUT2D eigenvalue weighted by atomic mass is 16.2. The molecule has 1 heterocycles. The van der Waals surface area contributed by atoms with Crippen molar-refractivity contribution in [1.29, 1.82) is 0 Å². The first-order chi connectivity index (χ1) is 7.98. The fraction of sp³-hybridized carbons (Fsp3) is 0.714. The molecule has 1 saturated carbocycles. The molecule has 1 fully saturated rings. The maximum absolute atomic E-state index is 12.2. The van der Waals surface area contributed by atoms with Gasteiger partial charge in [-0.25, -0.2) is 4.68 Å². The number of hydrogen-bond acceptors (Lipinski definition) is 2. The topological polar surface area (TPSA) is 34.9 Å². The molecule has 0 aliphatic heterocycles. The highest BCUT2D eigenvalue weighted by molar-refractivity contribution is 5.80. The number of carbonyl (C=O) groups is 1. The van der Waals surface area contributed by atoms with E-state index in [0.29, 0.717) is 0 Å². The van der Waals surface area contributed by atoms with Crippen LogP contribution < -0.4 is 0 Å². The molecule has 3 heteroatoms. The Morgan fingerprint density at radius 2 is 1.94 bits per heavy atom. The third kappa shape index (κ3) is 2.76. The molecule has 0 radical (unpaired) electrons. The molecular weight excluding hydrogens is 212 g/mol. The van der Waals surface area contributed by atoms with Crippen LogP contribution in [0.25, 0.3) is 0 Å². The van der Waals surface area contributed by atoms with Crippen molar-refractivity contribution in [3.8, 4) is 0 Å². The third-order valence-electron chi connectivity index (χ3n) is 3.63. The van der Waals surface area contributed by atoms with Gasteiger partial charge in [-0.1, -0.05) is 40.0 Å². The van der Waals surface area contributed by atoms with E-state index in [-0.39, 0.29) is 17.2 Å². The zero-order valence-corrected chi connectivity index (χ0v) is 11.1. The standard InChI is InChI=1S/C14H22N2O/c1-14(2,3)12-9-15-16(10-12)13(17)11-7-5-4-6-8-11/h9-11H,4-8H2,1-3H3. The van der Waals surface area contributed by atoms with Gasteiger partial charge < -0.3 is 0 Å². The minimum atomic E-state index is 0.0606. The Morgan fingerprint density at radius 1 is 1.29 bits per heavy atom. The quantitative estimate of drug-likeness (QED) is 0.746. The maximum Gasteiger partial charge on any atom is 0.249 e. The highest BCUT2D eigenvalue weighted by Gasteiger charge is 2.24. The molecule has 1 aliphatic carbocycles. The van der Waals surface area contributed by atoms with Crippen LogP contribution >= 0.6 is 0 Å². The van der Waals surface area contributed by atoms with Gasteiger partial charge in [-0.05, 0) is 23.8 Å². The second kappa shape index (κ2) is 4.63. The van der Waals surface area contributed by atoms with E-state index in [9.17, 15) is 4.79 Å². The van der Waals surface area contributed by atoms with Crippen molar-refractivity contribution in [2.75, 3.05) is 0 Å². The second-order valence-corrected chi connectivity index (χ2v) is 6.10. The first-order valence-electron chi connectivity index (χ1n) is 6.58. The van der Waals surface area contributed by atoms with E-state index >= 15 is 0 Å². The van der Waals surface area contributed by atoms with Crippen LogP contribution in [0.3, 0.4) is 0 Å². The molecule has 0 N–H and O–H groups in total. The van der Waals surface area contributed by atoms with Crippen molar-refractivity contribution < 1.29 is 4.79 Å². The number of hydrogen-bond donors (Lipinski definition) is 0. The van der Waals surface area contributed by atoms with Crippen molar-refractivity contribution in [1.82, 2.24) is 9.78 Å². The third-order valence-corrected chi connectivity index (χ3v) is 3.63. The van der Waals surface area contributed by atoms with Crippen molar-refractivity contribution in [2.24, 2.45) is 5.92 Å². The van der Waals surface area contributed by atoms with Gasteiger partial charge in [0.05, 0.1) is 6.20 Å². The first-order valence-corrected chi connectivity index (χ1v) is 6.58. The van der Waals surface area contributed by atoms with Crippen LogP contribution in [0.1, 0.15) is 63.2 Å². The summed E-state index contributed by atoms with van der Waals surface area (Å²) in [6.07, 6.45) is 9.43. The molecule has 2 rings (SSSR count). The monoisotopic (exact) mass is 234 g/mol. The van der Waals surface area contributed by atoms with E-state index in [1.54, 1.807) is 4.68 Å². The Bertz CT molecular complexity index is 395. The lowest BCUT2D eigenvalue weighted by molar-refractivity contribution is 0.0784. The van der Waals surface area contributed by atoms with E-state index in [1.165, 1.54) is 19.3 Å². The average Bonchev–Trinajstić information content (AvgIpc) is 2.78. The van der Waals surface area contributed by atoms with Gasteiger partial charge in [-0.15, -0.1) is 0 Å². The van der Waals surface area contributed by atoms with Crippen molar-refractivity contribution in [3.63, 3.8) is 0 Å². The maximum atomic E-state index is 12.2. The molecule has 1 aliphatic rings. The lowest BCUT2D eigenvalue weighted by Gasteiger charge is -2.20. The van der Waals surface area contributed by atoms with Gasteiger partial charge in [0.2, 0.25) is 5.91 Å². The van der Waals surface area contributed by atoms with Gasteiger partial charge >= 0.3 is 0 Å². The lowest BCUT2D eigenvalue weighted by Crippen LogP contribution is -2.24. The Morgan fingerprint density at radius 3 is 2.47 bits per heavy atom. The predicted octanol–water partition coefficient (Wildman–Crippen LogP) is 3.40. The summed E-state index contributed by atoms with van der Waals surface area (Å²) in [7, 11) is 0. The molecule has 0 unspecified atom stereocenters. The normalized spacial score (nSPS) is 18.3. The van der Waals surface area contributed by atoms with Gasteiger partial charge in [0.15, 0.2) is 0 Å². The molecule has 1 aromatic heterocycles. The summed E-state index contributed by atoms with van der Waals surface area (Å²) in [5, 5.41) is 4.22. The molecule has 0 atom stereocenters. The van der Waals surface area contributed by atoms with Crippen molar-refractivity contribution in [3.05, 3.63) is 18.0 Å². The van der Waals surface area contributed by atoms with Crippen LogP contribution in [-0.4, -0.2) is 15.7 Å². The average molecular weight is 234 g/mol. The molecule has 1 aromatic rings. The molecule has 94 valence electrons. The summed E-state index contributed by atoms with van der Waals surface area (Å²) in [5.74, 6) is 0.372. The number of rotatable bonds is 1. The zero-order chi connectivity index (χ0) is 12.5. The van der Waals surface area contributed by atoms with E-state index in [1.807, 2.05) is 12.4 Å². The lowest BCUT2D eigenvalue weighted by atomic mass is 9.88. The number of aromatic nitrogens is 2. The molecular formula is C14H22N2O. The number of nitrogens with zero attached hydrogens (tertiary/aromatic N) is 2. The second-order valence-electron chi connectivity index (χ2n) is 6.10. The molecule has 0 aromatic carbocycles. The molecule has 3 nitrogen and oxygen atoms in total. The van der Waals surface area contributed by atoms with Gasteiger partial charge in [0.25, 0.3) is 0 Å². The fourth-order valence-corrected chi connectivity index (χ4v) is 2.37. The largest absolute Gasteiger partial charge is 0.272 e. The van der Waals surface area contributed by atoms with E-state index in [4.69, 9.17) is 0 Å². The van der Waals surface area contributed by atoms with Crippen LogP contribution in [0.2, 0.25) is 0 Å². The minimum absolute atomic E-state index is 0.0606. The summed E-state index contributed by atoms with van der Waals surface area (Å²) < 4.78 is 1.55. The summed E-state index contributed by atoms with van der Waals surface area (Å²) in [6.45, 7) is 6.41. The van der Waals surface area contributed by atoms with E-state index in [0.717, 1.165) is 18.4 Å². The van der Waals surface area contributed by atoms with Gasteiger partial charge in [0.1, 0.15) is 0 Å². The Labute approximate surface area is 103 Å². The Kier molecular flexibility index (Phi) is 3.36. The highest BCUT2D eigenvalue weighted by Crippen LogP contribution is 2.26. The van der Waals surface area contributed by atoms with Crippen LogP contribution in [0.4, 0.5) is 0 Å². The predicted molar refractivity (Wildman–Crippen MR) is 68.1 cm³/mol. The van der Waals surface area contributed by atoms with Crippen LogP contribution in [0, 0.1) is 5.92 Å². The van der Waals surface area contributed by atoms with E-state index < -0.39 is 0 Å². The summed E-state index contributed by atoms with van der Waals surface area (Å²) in [4.78, 5) is 12.2. The molecule has 17 heavy (non-hydrogen) atoms. The minimum Gasteiger partial charge on any atom is -0.272 e. The van der Waals surface area contributed by atoms with Gasteiger partial charge in [0, 0.05) is 12.1 Å². The molecule has 0 spiro atoms. The molecule has 0 amide bonds. The molecule has 0 saturated heterocycles. The Hall–Kier alpha value is -1.12. The Balaban J connectivity index is 2.11. The van der Waals surface area contributed by atoms with Crippen LogP contribution in [0.15, 0.2) is 12.4 Å². The zero-order valence-electron chi connectivity index (χ0n) is 11.1. The smallest absolute Gasteiger partial charge is 0.249 e. The van der Waals surface area contributed by atoms with Gasteiger partial charge in [-0.2, -0.15) is 5.10 Å². The number of carbonyl (C=O) groups excluding carboxylic acids is 1. The first kappa shape index (κ1) is 12.3. The van der Waals surface area contributed by atoms with Crippen LogP contribution in [0.5, 0.6) is 0 Å². The van der Waals surface area contributed by atoms with Crippen molar-refractivity contribution >= 4 is 5.91 Å². The van der Waals surface area contributed by atoms with E-state index in [2.05, 4.69) is 25.9 Å². The van der Waals surface area contributed by atoms with Gasteiger partial charge in [-0.3, -0.25) is 4.79 Å². The SMILES string of the molecule is CC(C)(C)c1cnn(C(=O)C2CCCCC2)c1. The van der Waals surface area contributed by atoms with Crippen LogP contribution in [-0.2, 0) is 5.41 Å². The summed E-state index contributed by atoms with van der Waals surface area (Å²) >= 11 is 0. The summed E-state index contributed by atoms with van der Waals surface area (Å²) in [6, 6.07) is 0. The summed E-state index contributed by atoms with van der Waals surface area (Å²) in [5.41, 5.74) is 1.19. The van der Waals surface area contributed by atoms with Crippen molar-refractivity contribution in [2.45, 2.75) is 58.3 Å².